The molecule has 3 heteroatoms. The van der Waals surface area contributed by atoms with Gasteiger partial charge in [-0.05, 0) is 42.7 Å². The Labute approximate surface area is 113 Å². The molecule has 0 radical (unpaired) electrons. The summed E-state index contributed by atoms with van der Waals surface area (Å²) in [7, 11) is 0. The Morgan fingerprint density at radius 3 is 3.11 bits per heavy atom. The third-order valence-electron chi connectivity index (χ3n) is 3.62. The van der Waals surface area contributed by atoms with Gasteiger partial charge < -0.3 is 9.88 Å². The first-order valence-electron chi connectivity index (χ1n) is 6.78. The Kier molecular flexibility index (Phi) is 3.91. The van der Waals surface area contributed by atoms with Crippen LogP contribution in [-0.2, 0) is 6.54 Å². The summed E-state index contributed by atoms with van der Waals surface area (Å²) in [5.41, 5.74) is 1.36. The van der Waals surface area contributed by atoms with Gasteiger partial charge in [0.05, 0.1) is 0 Å². The number of aromatic nitrogens is 1. The first-order chi connectivity index (χ1) is 8.93. The number of benzene rings is 1. The molecule has 2 aromatic rings. The van der Waals surface area contributed by atoms with Crippen molar-refractivity contribution in [1.29, 1.82) is 0 Å². The highest BCUT2D eigenvalue weighted by Gasteiger charge is 2.13. The van der Waals surface area contributed by atoms with Crippen LogP contribution in [0.4, 0.5) is 0 Å². The average molecular weight is 260 g/mol. The maximum Gasteiger partial charge on any atom is 0.0480 e. The lowest BCUT2D eigenvalue weighted by Crippen LogP contribution is -2.29. The lowest BCUT2D eigenvalue weighted by molar-refractivity contribution is 0.522. The second-order valence-electron chi connectivity index (χ2n) is 4.94. The van der Waals surface area contributed by atoms with E-state index in [-0.39, 0.29) is 0 Å². The van der Waals surface area contributed by atoms with Crippen molar-refractivity contribution in [3.05, 3.63) is 36.5 Å². The van der Waals surface area contributed by atoms with Crippen LogP contribution < -0.4 is 5.32 Å². The van der Waals surface area contributed by atoms with Gasteiger partial charge in [-0.15, -0.1) is 0 Å². The van der Waals surface area contributed by atoms with Crippen molar-refractivity contribution in [2.24, 2.45) is 0 Å². The fraction of sp³-hybridized carbons (Fsp3) is 0.467. The fourth-order valence-electron chi connectivity index (χ4n) is 2.59. The lowest BCUT2D eigenvalue weighted by atomic mass is 10.2. The van der Waals surface area contributed by atoms with Gasteiger partial charge in [0.1, 0.15) is 0 Å². The van der Waals surface area contributed by atoms with Crippen LogP contribution in [0.25, 0.3) is 10.9 Å². The molecule has 96 valence electrons. The minimum absolute atomic E-state index is 0.761. The molecule has 1 aliphatic heterocycles. The quantitative estimate of drug-likeness (QED) is 0.832. The van der Waals surface area contributed by atoms with Crippen molar-refractivity contribution in [2.75, 3.05) is 18.1 Å². The molecule has 2 nitrogen and oxygen atoms in total. The van der Waals surface area contributed by atoms with Gasteiger partial charge in [0.2, 0.25) is 0 Å². The summed E-state index contributed by atoms with van der Waals surface area (Å²) in [6, 6.07) is 11.6. The second-order valence-corrected chi connectivity index (χ2v) is 6.09. The summed E-state index contributed by atoms with van der Waals surface area (Å²) in [4.78, 5) is 0. The Balaban J connectivity index is 1.50. The van der Waals surface area contributed by atoms with E-state index in [9.17, 15) is 0 Å². The normalized spacial score (nSPS) is 19.7. The van der Waals surface area contributed by atoms with Gasteiger partial charge in [-0.25, -0.2) is 0 Å². The number of para-hydroxylation sites is 1. The molecular formula is C15H20N2S. The number of rotatable bonds is 5. The van der Waals surface area contributed by atoms with Gasteiger partial charge in [-0.2, -0.15) is 11.8 Å². The Morgan fingerprint density at radius 2 is 2.22 bits per heavy atom. The SMILES string of the molecule is c1ccc2c(c1)ccn2CCCNC1CCSC1. The van der Waals surface area contributed by atoms with E-state index in [0.29, 0.717) is 0 Å². The van der Waals surface area contributed by atoms with E-state index in [2.05, 4.69) is 58.2 Å². The zero-order valence-electron chi connectivity index (χ0n) is 10.6. The number of fused-ring (bicyclic) bond motifs is 1. The van der Waals surface area contributed by atoms with Crippen LogP contribution >= 0.6 is 11.8 Å². The van der Waals surface area contributed by atoms with E-state index < -0.39 is 0 Å². The maximum absolute atomic E-state index is 3.66. The van der Waals surface area contributed by atoms with Crippen LogP contribution in [0.2, 0.25) is 0 Å². The van der Waals surface area contributed by atoms with Gasteiger partial charge in [0.25, 0.3) is 0 Å². The summed E-state index contributed by atoms with van der Waals surface area (Å²) in [6.07, 6.45) is 4.76. The monoisotopic (exact) mass is 260 g/mol. The molecule has 0 bridgehead atoms. The van der Waals surface area contributed by atoms with Crippen LogP contribution in [0.5, 0.6) is 0 Å². The van der Waals surface area contributed by atoms with Crippen molar-refractivity contribution in [3.8, 4) is 0 Å². The first kappa shape index (κ1) is 12.1. The highest BCUT2D eigenvalue weighted by atomic mass is 32.2. The molecule has 2 heterocycles. The van der Waals surface area contributed by atoms with E-state index in [1.54, 1.807) is 0 Å². The van der Waals surface area contributed by atoms with Crippen LogP contribution in [0.1, 0.15) is 12.8 Å². The van der Waals surface area contributed by atoms with E-state index >= 15 is 0 Å². The minimum atomic E-state index is 0.761. The lowest BCUT2D eigenvalue weighted by Gasteiger charge is -2.11. The highest BCUT2D eigenvalue weighted by molar-refractivity contribution is 7.99. The highest BCUT2D eigenvalue weighted by Crippen LogP contribution is 2.17. The molecule has 1 aliphatic rings. The Bertz CT molecular complexity index is 500. The number of thioether (sulfide) groups is 1. The van der Waals surface area contributed by atoms with Gasteiger partial charge in [-0.3, -0.25) is 0 Å². The van der Waals surface area contributed by atoms with Crippen molar-refractivity contribution >= 4 is 22.7 Å². The first-order valence-corrected chi connectivity index (χ1v) is 7.94. The van der Waals surface area contributed by atoms with E-state index in [1.165, 1.54) is 35.3 Å². The maximum atomic E-state index is 3.66. The molecule has 0 saturated carbocycles. The van der Waals surface area contributed by atoms with Crippen LogP contribution in [0.15, 0.2) is 36.5 Å². The molecule has 3 rings (SSSR count). The van der Waals surface area contributed by atoms with Crippen LogP contribution in [-0.4, -0.2) is 28.7 Å². The smallest absolute Gasteiger partial charge is 0.0480 e. The number of hydrogen-bond donors (Lipinski definition) is 1. The zero-order chi connectivity index (χ0) is 12.2. The average Bonchev–Trinajstić information content (AvgIpc) is 3.04. The van der Waals surface area contributed by atoms with Crippen molar-refractivity contribution in [1.82, 2.24) is 9.88 Å². The van der Waals surface area contributed by atoms with Gasteiger partial charge in [0.15, 0.2) is 0 Å². The van der Waals surface area contributed by atoms with Gasteiger partial charge >= 0.3 is 0 Å². The molecule has 1 fully saturated rings. The van der Waals surface area contributed by atoms with E-state index in [4.69, 9.17) is 0 Å². The molecule has 0 spiro atoms. The van der Waals surface area contributed by atoms with Crippen molar-refractivity contribution < 1.29 is 0 Å². The van der Waals surface area contributed by atoms with E-state index in [0.717, 1.165) is 19.1 Å². The minimum Gasteiger partial charge on any atom is -0.347 e. The molecule has 0 amide bonds. The van der Waals surface area contributed by atoms with Crippen LogP contribution in [0.3, 0.4) is 0 Å². The summed E-state index contributed by atoms with van der Waals surface area (Å²) < 4.78 is 2.36. The predicted molar refractivity (Wildman–Crippen MR) is 80.3 cm³/mol. The molecule has 1 N–H and O–H groups in total. The third-order valence-corrected chi connectivity index (χ3v) is 4.78. The van der Waals surface area contributed by atoms with Crippen LogP contribution in [0, 0.1) is 0 Å². The number of nitrogens with one attached hydrogen (secondary N) is 1. The van der Waals surface area contributed by atoms with Crippen molar-refractivity contribution in [3.63, 3.8) is 0 Å². The van der Waals surface area contributed by atoms with E-state index in [1.807, 2.05) is 0 Å². The molecule has 1 unspecified atom stereocenters. The summed E-state index contributed by atoms with van der Waals surface area (Å²) in [5, 5.41) is 5.00. The fourth-order valence-corrected chi connectivity index (χ4v) is 3.77. The third kappa shape index (κ3) is 2.73. The summed E-state index contributed by atoms with van der Waals surface area (Å²) >= 11 is 2.07. The molecule has 18 heavy (non-hydrogen) atoms. The molecule has 1 aromatic carbocycles. The standard InChI is InChI=1S/C15H20N2S/c1-2-5-15-13(4-1)6-10-17(15)9-3-8-16-14-7-11-18-12-14/h1-2,4-6,10,14,16H,3,7-9,11-12H2. The van der Waals surface area contributed by atoms with Gasteiger partial charge in [0, 0.05) is 30.1 Å². The Morgan fingerprint density at radius 1 is 1.28 bits per heavy atom. The summed E-state index contributed by atoms with van der Waals surface area (Å²) in [5.74, 6) is 2.63. The largest absolute Gasteiger partial charge is 0.347 e. The Hall–Kier alpha value is -0.930. The number of aryl methyl sites for hydroxylation is 1. The molecule has 1 aromatic heterocycles. The summed E-state index contributed by atoms with van der Waals surface area (Å²) in [6.45, 7) is 2.25. The second kappa shape index (κ2) is 5.81. The predicted octanol–water partition coefficient (Wildman–Crippen LogP) is 3.13. The topological polar surface area (TPSA) is 17.0 Å². The number of hydrogen-bond acceptors (Lipinski definition) is 2. The van der Waals surface area contributed by atoms with Crippen molar-refractivity contribution in [2.45, 2.75) is 25.4 Å². The van der Waals surface area contributed by atoms with Gasteiger partial charge in [-0.1, -0.05) is 18.2 Å². The molecule has 0 aliphatic carbocycles. The number of nitrogens with zero attached hydrogens (tertiary/aromatic N) is 1. The molecule has 1 atom stereocenters. The zero-order valence-corrected chi connectivity index (χ0v) is 11.5. The molecular weight excluding hydrogens is 240 g/mol. The molecule has 1 saturated heterocycles.